The molecule has 3 heterocycles. The number of carbonyl (C=O) groups excluding carboxylic acids is 2. The van der Waals surface area contributed by atoms with E-state index in [1.54, 1.807) is 0 Å². The standard InChI is InChI=1S/C24H23N3O3S2/c1-4-5-15-10-11-16-19(25)20(32-22(16)26-15)21(28)27-23-18(24(29)30-3)17(12-31-23)14-8-6-13(2)7-9-14/h6-12H,4-5,25H2,1-3H3,(H,27,28). The first-order chi connectivity index (χ1) is 15.4. The third-order valence-corrected chi connectivity index (χ3v) is 7.14. The van der Waals surface area contributed by atoms with Crippen molar-refractivity contribution in [3.05, 3.63) is 63.5 Å². The Labute approximate surface area is 194 Å². The zero-order chi connectivity index (χ0) is 22.8. The fourth-order valence-corrected chi connectivity index (χ4v) is 5.42. The molecule has 0 radical (unpaired) electrons. The third kappa shape index (κ3) is 4.11. The van der Waals surface area contributed by atoms with E-state index in [-0.39, 0.29) is 5.91 Å². The fourth-order valence-electron chi connectivity index (χ4n) is 3.46. The van der Waals surface area contributed by atoms with Crippen LogP contribution < -0.4 is 11.1 Å². The lowest BCUT2D eigenvalue weighted by molar-refractivity contribution is 0.0603. The van der Waals surface area contributed by atoms with Crippen molar-refractivity contribution in [2.45, 2.75) is 26.7 Å². The number of ether oxygens (including phenoxy) is 1. The van der Waals surface area contributed by atoms with Crippen molar-refractivity contribution in [2.24, 2.45) is 0 Å². The maximum Gasteiger partial charge on any atom is 0.341 e. The largest absolute Gasteiger partial charge is 0.465 e. The molecular formula is C24H23N3O3S2. The van der Waals surface area contributed by atoms with Gasteiger partial charge < -0.3 is 15.8 Å². The minimum absolute atomic E-state index is 0.331. The SMILES string of the molecule is CCCc1ccc2c(N)c(C(=O)Nc3scc(-c4ccc(C)cc4)c3C(=O)OC)sc2n1. The highest BCUT2D eigenvalue weighted by Gasteiger charge is 2.24. The van der Waals surface area contributed by atoms with Crippen LogP contribution in [0.3, 0.4) is 0 Å². The molecule has 32 heavy (non-hydrogen) atoms. The van der Waals surface area contributed by atoms with E-state index >= 15 is 0 Å². The van der Waals surface area contributed by atoms with Crippen LogP contribution in [0.4, 0.5) is 10.7 Å². The van der Waals surface area contributed by atoms with Crippen LogP contribution >= 0.6 is 22.7 Å². The van der Waals surface area contributed by atoms with E-state index < -0.39 is 5.97 Å². The summed E-state index contributed by atoms with van der Waals surface area (Å²) in [7, 11) is 1.33. The van der Waals surface area contributed by atoms with Gasteiger partial charge in [0.05, 0.1) is 12.8 Å². The van der Waals surface area contributed by atoms with Gasteiger partial charge in [-0.2, -0.15) is 0 Å². The minimum Gasteiger partial charge on any atom is -0.465 e. The number of aromatic nitrogens is 1. The number of nitrogens with two attached hydrogens (primary N) is 1. The summed E-state index contributed by atoms with van der Waals surface area (Å²) in [5.41, 5.74) is 10.7. The number of benzene rings is 1. The Morgan fingerprint density at radius 1 is 1.16 bits per heavy atom. The molecule has 1 aromatic carbocycles. The summed E-state index contributed by atoms with van der Waals surface area (Å²) in [5, 5.41) is 5.90. The highest BCUT2D eigenvalue weighted by Crippen LogP contribution is 2.38. The fraction of sp³-hybridized carbons (Fsp3) is 0.208. The molecular weight excluding hydrogens is 442 g/mol. The number of anilines is 2. The highest BCUT2D eigenvalue weighted by molar-refractivity contribution is 7.21. The lowest BCUT2D eigenvalue weighted by Gasteiger charge is -2.08. The molecule has 0 atom stereocenters. The van der Waals surface area contributed by atoms with Gasteiger partial charge in [0.2, 0.25) is 0 Å². The van der Waals surface area contributed by atoms with Gasteiger partial charge in [-0.15, -0.1) is 22.7 Å². The number of rotatable bonds is 6. The predicted octanol–water partition coefficient (Wildman–Crippen LogP) is 5.91. The predicted molar refractivity (Wildman–Crippen MR) is 132 cm³/mol. The molecule has 3 N–H and O–H groups in total. The van der Waals surface area contributed by atoms with Crippen LogP contribution in [0.15, 0.2) is 41.8 Å². The molecule has 0 aliphatic heterocycles. The molecule has 8 heteroatoms. The van der Waals surface area contributed by atoms with Gasteiger partial charge in [0, 0.05) is 22.0 Å². The van der Waals surface area contributed by atoms with Crippen molar-refractivity contribution in [3.63, 3.8) is 0 Å². The van der Waals surface area contributed by atoms with Crippen LogP contribution in [0.5, 0.6) is 0 Å². The molecule has 1 amide bonds. The molecule has 0 aliphatic rings. The Bertz CT molecular complexity index is 1310. The monoisotopic (exact) mass is 465 g/mol. The Kier molecular flexibility index (Phi) is 6.25. The van der Waals surface area contributed by atoms with Gasteiger partial charge in [-0.1, -0.05) is 43.2 Å². The zero-order valence-corrected chi connectivity index (χ0v) is 19.7. The molecule has 0 spiro atoms. The number of esters is 1. The number of pyridine rings is 1. The van der Waals surface area contributed by atoms with Crippen molar-refractivity contribution in [2.75, 3.05) is 18.2 Å². The minimum atomic E-state index is -0.507. The summed E-state index contributed by atoms with van der Waals surface area (Å²) in [6, 6.07) is 11.7. The molecule has 0 bridgehead atoms. The van der Waals surface area contributed by atoms with E-state index in [1.165, 1.54) is 29.8 Å². The number of aryl methyl sites for hydroxylation is 2. The van der Waals surface area contributed by atoms with Crippen LogP contribution in [0.2, 0.25) is 0 Å². The van der Waals surface area contributed by atoms with Crippen LogP contribution in [0, 0.1) is 6.92 Å². The molecule has 3 aromatic heterocycles. The number of nitrogen functional groups attached to an aromatic ring is 1. The molecule has 0 aliphatic carbocycles. The molecule has 4 aromatic rings. The van der Waals surface area contributed by atoms with Crippen molar-refractivity contribution in [1.29, 1.82) is 0 Å². The summed E-state index contributed by atoms with van der Waals surface area (Å²) in [5.74, 6) is -0.877. The average Bonchev–Trinajstić information content (AvgIpc) is 3.35. The van der Waals surface area contributed by atoms with Gasteiger partial charge in [0.1, 0.15) is 20.3 Å². The van der Waals surface area contributed by atoms with E-state index in [4.69, 9.17) is 10.5 Å². The molecule has 0 unspecified atom stereocenters. The molecule has 0 saturated carbocycles. The molecule has 6 nitrogen and oxygen atoms in total. The van der Waals surface area contributed by atoms with Crippen LogP contribution in [-0.2, 0) is 11.2 Å². The van der Waals surface area contributed by atoms with E-state index in [1.807, 2.05) is 48.7 Å². The average molecular weight is 466 g/mol. The summed E-state index contributed by atoms with van der Waals surface area (Å²) < 4.78 is 5.00. The van der Waals surface area contributed by atoms with Crippen LogP contribution in [0.1, 0.15) is 44.6 Å². The number of hydrogen-bond acceptors (Lipinski definition) is 7. The van der Waals surface area contributed by atoms with Crippen molar-refractivity contribution >= 4 is 55.5 Å². The van der Waals surface area contributed by atoms with Gasteiger partial charge in [-0.25, -0.2) is 9.78 Å². The number of hydrogen-bond donors (Lipinski definition) is 2. The second kappa shape index (κ2) is 9.10. The molecule has 0 fully saturated rings. The molecule has 0 saturated heterocycles. The maximum atomic E-state index is 13.1. The summed E-state index contributed by atoms with van der Waals surface area (Å²) >= 11 is 2.54. The smallest absolute Gasteiger partial charge is 0.341 e. The first-order valence-corrected chi connectivity index (χ1v) is 11.9. The van der Waals surface area contributed by atoms with Crippen LogP contribution in [0.25, 0.3) is 21.3 Å². The van der Waals surface area contributed by atoms with Gasteiger partial charge in [0.25, 0.3) is 5.91 Å². The normalized spacial score (nSPS) is 11.0. The van der Waals surface area contributed by atoms with Gasteiger partial charge in [0.15, 0.2) is 0 Å². The van der Waals surface area contributed by atoms with E-state index in [2.05, 4.69) is 17.2 Å². The second-order valence-electron chi connectivity index (χ2n) is 7.42. The number of thiophene rings is 2. The first-order valence-electron chi connectivity index (χ1n) is 10.2. The van der Waals surface area contributed by atoms with Gasteiger partial charge in [-0.05, 0) is 31.0 Å². The van der Waals surface area contributed by atoms with Crippen molar-refractivity contribution in [3.8, 4) is 11.1 Å². The topological polar surface area (TPSA) is 94.3 Å². The van der Waals surface area contributed by atoms with Crippen molar-refractivity contribution in [1.82, 2.24) is 4.98 Å². The summed E-state index contributed by atoms with van der Waals surface area (Å²) in [4.78, 5) is 31.4. The van der Waals surface area contributed by atoms with Gasteiger partial charge >= 0.3 is 5.97 Å². The van der Waals surface area contributed by atoms with Crippen LogP contribution in [-0.4, -0.2) is 24.0 Å². The Hall–Kier alpha value is -3.23. The lowest BCUT2D eigenvalue weighted by atomic mass is 10.0. The number of methoxy groups -OCH3 is 1. The van der Waals surface area contributed by atoms with Crippen molar-refractivity contribution < 1.29 is 14.3 Å². The quantitative estimate of drug-likeness (QED) is 0.345. The lowest BCUT2D eigenvalue weighted by Crippen LogP contribution is -2.14. The third-order valence-electron chi connectivity index (χ3n) is 5.13. The summed E-state index contributed by atoms with van der Waals surface area (Å²) in [6.07, 6.45) is 1.86. The second-order valence-corrected chi connectivity index (χ2v) is 9.29. The first kappa shape index (κ1) is 22.0. The Morgan fingerprint density at radius 2 is 1.91 bits per heavy atom. The molecule has 4 rings (SSSR count). The zero-order valence-electron chi connectivity index (χ0n) is 18.0. The Morgan fingerprint density at radius 3 is 2.59 bits per heavy atom. The number of nitrogens with one attached hydrogen (secondary N) is 1. The highest BCUT2D eigenvalue weighted by atomic mass is 32.1. The Balaban J connectivity index is 1.69. The van der Waals surface area contributed by atoms with E-state index in [0.717, 1.165) is 39.9 Å². The molecule has 164 valence electrons. The maximum absolute atomic E-state index is 13.1. The number of nitrogens with zero attached hydrogens (tertiary/aromatic N) is 1. The van der Waals surface area contributed by atoms with E-state index in [9.17, 15) is 9.59 Å². The number of fused-ring (bicyclic) bond motifs is 1. The number of amides is 1. The number of carbonyl (C=O) groups is 2. The van der Waals surface area contributed by atoms with E-state index in [0.29, 0.717) is 26.7 Å². The summed E-state index contributed by atoms with van der Waals surface area (Å²) in [6.45, 7) is 4.10. The van der Waals surface area contributed by atoms with Gasteiger partial charge in [-0.3, -0.25) is 4.79 Å².